The predicted molar refractivity (Wildman–Crippen MR) is 77.2 cm³/mol. The molecule has 1 heterocycles. The Labute approximate surface area is 121 Å². The average molecular weight is 285 g/mol. The second kappa shape index (κ2) is 6.92. The quantitative estimate of drug-likeness (QED) is 0.841. The second-order valence-electron chi connectivity index (χ2n) is 6.39. The van der Waals surface area contributed by atoms with Gasteiger partial charge in [0.2, 0.25) is 5.91 Å². The van der Waals surface area contributed by atoms with Crippen molar-refractivity contribution in [3.63, 3.8) is 0 Å². The van der Waals surface area contributed by atoms with Gasteiger partial charge in [0, 0.05) is 26.7 Å². The highest BCUT2D eigenvalue weighted by Crippen LogP contribution is 2.20. The fraction of sp³-hybridized carbons (Fsp3) is 0.857. The van der Waals surface area contributed by atoms with E-state index in [1.165, 1.54) is 0 Å². The molecule has 20 heavy (non-hydrogen) atoms. The Hall–Kier alpha value is -1.30. The van der Waals surface area contributed by atoms with Crippen LogP contribution in [-0.2, 0) is 9.53 Å². The van der Waals surface area contributed by atoms with Gasteiger partial charge in [-0.05, 0) is 39.5 Å². The Kier molecular flexibility index (Phi) is 5.80. The molecule has 6 heteroatoms. The number of hydrogen-bond donors (Lipinski definition) is 1. The number of nitrogens with zero attached hydrogens (tertiary/aromatic N) is 2. The van der Waals surface area contributed by atoms with Crippen molar-refractivity contribution in [1.82, 2.24) is 9.80 Å². The smallest absolute Gasteiger partial charge is 0.410 e. The Balaban J connectivity index is 2.36. The molecule has 6 nitrogen and oxygen atoms in total. The van der Waals surface area contributed by atoms with Gasteiger partial charge in [0.05, 0.1) is 6.54 Å². The van der Waals surface area contributed by atoms with Crippen LogP contribution in [0.15, 0.2) is 0 Å². The molecule has 0 aromatic heterocycles. The van der Waals surface area contributed by atoms with Crippen LogP contribution >= 0.6 is 0 Å². The molecular weight excluding hydrogens is 258 g/mol. The molecule has 0 bridgehead atoms. The Bertz CT molecular complexity index is 344. The van der Waals surface area contributed by atoms with Crippen LogP contribution in [0.5, 0.6) is 0 Å². The van der Waals surface area contributed by atoms with Crippen LogP contribution in [0.25, 0.3) is 0 Å². The van der Waals surface area contributed by atoms with Crippen molar-refractivity contribution in [3.8, 4) is 0 Å². The molecule has 0 unspecified atom stereocenters. The average Bonchev–Trinajstić information content (AvgIpc) is 2.36. The zero-order valence-electron chi connectivity index (χ0n) is 13.0. The zero-order chi connectivity index (χ0) is 15.3. The highest BCUT2D eigenvalue weighted by atomic mass is 16.6. The molecule has 0 atom stereocenters. The molecule has 2 N–H and O–H groups in total. The van der Waals surface area contributed by atoms with E-state index >= 15 is 0 Å². The minimum atomic E-state index is -0.457. The zero-order valence-corrected chi connectivity index (χ0v) is 13.0. The van der Waals surface area contributed by atoms with E-state index in [9.17, 15) is 9.59 Å². The number of hydrogen-bond acceptors (Lipinski definition) is 4. The number of carbonyl (C=O) groups is 2. The highest BCUT2D eigenvalue weighted by molar-refractivity contribution is 5.77. The van der Waals surface area contributed by atoms with Gasteiger partial charge in [-0.3, -0.25) is 4.79 Å². The summed E-state index contributed by atoms with van der Waals surface area (Å²) >= 11 is 0. The van der Waals surface area contributed by atoms with Crippen molar-refractivity contribution < 1.29 is 14.3 Å². The third-order valence-corrected chi connectivity index (χ3v) is 3.40. The number of ether oxygens (including phenoxy) is 1. The van der Waals surface area contributed by atoms with Crippen molar-refractivity contribution in [2.45, 2.75) is 39.2 Å². The summed E-state index contributed by atoms with van der Waals surface area (Å²) in [5, 5.41) is 0. The lowest BCUT2D eigenvalue weighted by atomic mass is 9.96. The first-order valence-electron chi connectivity index (χ1n) is 7.15. The van der Waals surface area contributed by atoms with Crippen LogP contribution in [0, 0.1) is 5.92 Å². The van der Waals surface area contributed by atoms with Crippen LogP contribution in [0.3, 0.4) is 0 Å². The minimum Gasteiger partial charge on any atom is -0.444 e. The molecular formula is C14H27N3O3. The maximum absolute atomic E-state index is 11.9. The molecule has 1 rings (SSSR count). The maximum atomic E-state index is 11.9. The van der Waals surface area contributed by atoms with Gasteiger partial charge in [0.15, 0.2) is 0 Å². The lowest BCUT2D eigenvalue weighted by molar-refractivity contribution is -0.129. The molecule has 2 amide bonds. The van der Waals surface area contributed by atoms with Crippen LogP contribution in [-0.4, -0.2) is 60.6 Å². The molecule has 0 radical (unpaired) electrons. The van der Waals surface area contributed by atoms with Gasteiger partial charge in [0.1, 0.15) is 5.60 Å². The largest absolute Gasteiger partial charge is 0.444 e. The van der Waals surface area contributed by atoms with Gasteiger partial charge in [-0.1, -0.05) is 0 Å². The molecule has 1 aliphatic rings. The molecule has 0 aliphatic carbocycles. The summed E-state index contributed by atoms with van der Waals surface area (Å²) in [6.45, 7) is 7.72. The number of likely N-dealkylation sites (N-methyl/N-ethyl adjacent to an activating group) is 1. The van der Waals surface area contributed by atoms with Crippen molar-refractivity contribution in [3.05, 3.63) is 0 Å². The van der Waals surface area contributed by atoms with E-state index in [0.717, 1.165) is 12.8 Å². The summed E-state index contributed by atoms with van der Waals surface area (Å²) in [5.74, 6) is 0.383. The van der Waals surface area contributed by atoms with Crippen molar-refractivity contribution in [2.75, 3.05) is 33.2 Å². The molecule has 0 spiro atoms. The van der Waals surface area contributed by atoms with Crippen LogP contribution < -0.4 is 5.73 Å². The van der Waals surface area contributed by atoms with E-state index in [4.69, 9.17) is 10.5 Å². The Morgan fingerprint density at radius 2 is 1.85 bits per heavy atom. The van der Waals surface area contributed by atoms with Gasteiger partial charge in [-0.25, -0.2) is 4.79 Å². The number of carbonyl (C=O) groups excluding carboxylic acids is 2. The third kappa shape index (κ3) is 5.36. The van der Waals surface area contributed by atoms with E-state index in [0.29, 0.717) is 25.6 Å². The summed E-state index contributed by atoms with van der Waals surface area (Å²) in [6, 6.07) is 0. The van der Waals surface area contributed by atoms with E-state index < -0.39 is 5.60 Å². The fourth-order valence-corrected chi connectivity index (χ4v) is 2.27. The van der Waals surface area contributed by atoms with E-state index in [2.05, 4.69) is 0 Å². The van der Waals surface area contributed by atoms with E-state index in [1.54, 1.807) is 16.8 Å². The lowest BCUT2D eigenvalue weighted by Crippen LogP contribution is -2.44. The van der Waals surface area contributed by atoms with Crippen LogP contribution in [0.1, 0.15) is 33.6 Å². The molecule has 0 aromatic carbocycles. The molecule has 0 aromatic rings. The van der Waals surface area contributed by atoms with Gasteiger partial charge >= 0.3 is 6.09 Å². The van der Waals surface area contributed by atoms with Gasteiger partial charge < -0.3 is 20.3 Å². The molecule has 0 saturated carbocycles. The van der Waals surface area contributed by atoms with E-state index in [1.807, 2.05) is 20.8 Å². The molecule has 116 valence electrons. The predicted octanol–water partition coefficient (Wildman–Crippen LogP) is 1.05. The Morgan fingerprint density at radius 1 is 1.30 bits per heavy atom. The highest BCUT2D eigenvalue weighted by Gasteiger charge is 2.27. The molecule has 1 saturated heterocycles. The fourth-order valence-electron chi connectivity index (χ4n) is 2.27. The topological polar surface area (TPSA) is 75.9 Å². The number of likely N-dealkylation sites (tertiary alicyclic amines) is 1. The van der Waals surface area contributed by atoms with Gasteiger partial charge in [-0.2, -0.15) is 0 Å². The first-order chi connectivity index (χ1) is 9.23. The first kappa shape index (κ1) is 16.8. The van der Waals surface area contributed by atoms with E-state index in [-0.39, 0.29) is 18.5 Å². The van der Waals surface area contributed by atoms with Crippen molar-refractivity contribution >= 4 is 12.0 Å². The van der Waals surface area contributed by atoms with Crippen molar-refractivity contribution in [2.24, 2.45) is 11.7 Å². The third-order valence-electron chi connectivity index (χ3n) is 3.40. The summed E-state index contributed by atoms with van der Waals surface area (Å²) in [4.78, 5) is 26.8. The summed E-state index contributed by atoms with van der Waals surface area (Å²) in [7, 11) is 1.77. The normalized spacial score (nSPS) is 16.9. The molecule has 1 aliphatic heterocycles. The van der Waals surface area contributed by atoms with Gasteiger partial charge in [-0.15, -0.1) is 0 Å². The van der Waals surface area contributed by atoms with Crippen LogP contribution in [0.4, 0.5) is 4.79 Å². The minimum absolute atomic E-state index is 0.0421. The SMILES string of the molecule is CN(CC1CCN(C(=O)OC(C)(C)C)CC1)C(=O)CN. The summed E-state index contributed by atoms with van der Waals surface area (Å²) < 4.78 is 5.36. The Morgan fingerprint density at radius 3 is 2.30 bits per heavy atom. The summed E-state index contributed by atoms with van der Waals surface area (Å²) in [6.07, 6.45) is 1.53. The molecule has 1 fully saturated rings. The first-order valence-corrected chi connectivity index (χ1v) is 7.15. The second-order valence-corrected chi connectivity index (χ2v) is 6.39. The monoisotopic (exact) mass is 285 g/mol. The standard InChI is InChI=1S/C14H27N3O3/c1-14(2,3)20-13(19)17-7-5-11(6-8-17)10-16(4)12(18)9-15/h11H,5-10,15H2,1-4H3. The van der Waals surface area contributed by atoms with Gasteiger partial charge in [0.25, 0.3) is 0 Å². The number of piperidine rings is 1. The lowest BCUT2D eigenvalue weighted by Gasteiger charge is -2.34. The maximum Gasteiger partial charge on any atom is 0.410 e. The number of nitrogens with two attached hydrogens (primary N) is 1. The number of amides is 2. The van der Waals surface area contributed by atoms with Crippen LogP contribution in [0.2, 0.25) is 0 Å². The number of rotatable bonds is 3. The van der Waals surface area contributed by atoms with Crippen molar-refractivity contribution in [1.29, 1.82) is 0 Å². The summed E-state index contributed by atoms with van der Waals surface area (Å²) in [5.41, 5.74) is 4.88.